The van der Waals surface area contributed by atoms with Crippen LogP contribution in [0.2, 0.25) is 5.02 Å². The first-order chi connectivity index (χ1) is 11.3. The molecule has 2 aromatic carbocycles. The van der Waals surface area contributed by atoms with E-state index in [-0.39, 0.29) is 33.0 Å². The van der Waals surface area contributed by atoms with E-state index in [1.54, 1.807) is 25.3 Å². The fraction of sp³-hybridized carbons (Fsp3) is 0.350. The van der Waals surface area contributed by atoms with E-state index in [9.17, 15) is 4.79 Å². The molecule has 129 valence electrons. The van der Waals surface area contributed by atoms with E-state index in [1.165, 1.54) is 11.1 Å². The van der Waals surface area contributed by atoms with Crippen LogP contribution in [0, 0.1) is 0 Å². The number of hydrogen-bond acceptors (Lipinski definition) is 2. The number of hydrogen-bond donors (Lipinski definition) is 0. The fourth-order valence-corrected chi connectivity index (χ4v) is 4.34. The average molecular weight is 370 g/mol. The van der Waals surface area contributed by atoms with E-state index in [4.69, 9.17) is 16.3 Å². The molecule has 2 aromatic rings. The molecule has 0 aliphatic carbocycles. The maximum absolute atomic E-state index is 12.9. The second-order valence-corrected chi connectivity index (χ2v) is 8.08. The minimum absolute atomic E-state index is 0. The number of methoxy groups -OCH3 is 1. The summed E-state index contributed by atoms with van der Waals surface area (Å²) in [5, 5.41) is 1.54. The quantitative estimate of drug-likeness (QED) is 0.506. The topological polar surface area (TPSA) is 26.3 Å². The number of rotatable bonds is 6. The Kier molecular flexibility index (Phi) is 8.73. The van der Waals surface area contributed by atoms with Crippen molar-refractivity contribution in [3.8, 4) is 5.75 Å². The second kappa shape index (κ2) is 9.80. The molecule has 5 heteroatoms. The zero-order valence-electron chi connectivity index (χ0n) is 15.8. The van der Waals surface area contributed by atoms with Gasteiger partial charge in [-0.3, -0.25) is 4.79 Å². The summed E-state index contributed by atoms with van der Waals surface area (Å²) in [6, 6.07) is 11.8. The molecule has 0 N–H and O–H groups in total. The van der Waals surface area contributed by atoms with E-state index in [2.05, 4.69) is 45.9 Å². The molecular formula is C20H24ClLiO2P. The monoisotopic (exact) mass is 369 g/mol. The predicted molar refractivity (Wildman–Crippen MR) is 111 cm³/mol. The van der Waals surface area contributed by atoms with Crippen LogP contribution in [0.3, 0.4) is 0 Å². The smallest absolute Gasteiger partial charge is 0.190 e. The minimum atomic E-state index is 0. The van der Waals surface area contributed by atoms with Gasteiger partial charge in [0.2, 0.25) is 0 Å². The van der Waals surface area contributed by atoms with Crippen molar-refractivity contribution >= 4 is 49.9 Å². The van der Waals surface area contributed by atoms with Crippen LogP contribution in [0.4, 0.5) is 0 Å². The molecule has 0 amide bonds. The third-order valence-corrected chi connectivity index (χ3v) is 5.53. The molecule has 0 aromatic heterocycles. The van der Waals surface area contributed by atoms with Crippen LogP contribution in [0.1, 0.15) is 61.0 Å². The number of carbonyl (C=O) groups is 1. The van der Waals surface area contributed by atoms with E-state index in [0.717, 1.165) is 5.30 Å². The maximum Gasteiger partial charge on any atom is 0.190 e. The number of carbonyl (C=O) groups excluding carboxylic acids is 1. The Bertz CT molecular complexity index is 744. The normalized spacial score (nSPS) is 11.2. The predicted octanol–water partition coefficient (Wildman–Crippen LogP) is 5.36. The third kappa shape index (κ3) is 5.35. The summed E-state index contributed by atoms with van der Waals surface area (Å²) in [7, 11) is 1.59. The van der Waals surface area contributed by atoms with Crippen LogP contribution in [0.15, 0.2) is 36.4 Å². The summed E-state index contributed by atoms with van der Waals surface area (Å²) in [4.78, 5) is 12.9. The molecule has 0 spiro atoms. The number of benzene rings is 2. The molecule has 0 saturated heterocycles. The summed E-state index contributed by atoms with van der Waals surface area (Å²) in [5.74, 6) is 1.33. The van der Waals surface area contributed by atoms with Crippen LogP contribution in [0.5, 0.6) is 5.75 Å². The van der Waals surface area contributed by atoms with Crippen LogP contribution in [0.25, 0.3) is 0 Å². The van der Waals surface area contributed by atoms with Gasteiger partial charge in [0.25, 0.3) is 0 Å². The molecule has 0 saturated carbocycles. The van der Waals surface area contributed by atoms with E-state index >= 15 is 0 Å². The van der Waals surface area contributed by atoms with Crippen LogP contribution < -0.4 is 10.0 Å². The van der Waals surface area contributed by atoms with Crippen LogP contribution in [-0.4, -0.2) is 31.5 Å². The second-order valence-electron chi connectivity index (χ2n) is 6.43. The van der Waals surface area contributed by atoms with Gasteiger partial charge >= 0.3 is 0 Å². The van der Waals surface area contributed by atoms with E-state index in [1.807, 2.05) is 0 Å². The van der Waals surface area contributed by atoms with Crippen molar-refractivity contribution in [1.29, 1.82) is 0 Å². The third-order valence-electron chi connectivity index (χ3n) is 4.04. The zero-order chi connectivity index (χ0) is 17.9. The Morgan fingerprint density at radius 2 is 1.76 bits per heavy atom. The van der Waals surface area contributed by atoms with Gasteiger partial charge in [-0.25, -0.2) is 0 Å². The molecule has 2 rings (SSSR count). The van der Waals surface area contributed by atoms with Crippen molar-refractivity contribution in [2.75, 3.05) is 7.11 Å². The van der Waals surface area contributed by atoms with Crippen LogP contribution >= 0.6 is 20.2 Å². The molecule has 0 aliphatic rings. The molecule has 2 nitrogen and oxygen atoms in total. The summed E-state index contributed by atoms with van der Waals surface area (Å²) >= 11 is 6.26. The minimum Gasteiger partial charge on any atom is -0.496 e. The summed E-state index contributed by atoms with van der Waals surface area (Å²) < 4.78 is 5.32. The van der Waals surface area contributed by atoms with Gasteiger partial charge in [-0.05, 0) is 49.0 Å². The summed E-state index contributed by atoms with van der Waals surface area (Å²) in [6.07, 6.45) is 0. The fourth-order valence-electron chi connectivity index (χ4n) is 2.62. The standard InChI is InChI=1S/C20H24ClO2P.Li/c1-12(2)14-9-10-15(13(3)4)18(11-14)24-20(22)19-16(21)7-6-8-17(19)23-5;/h6-13,24H,1-5H3;. The number of ether oxygens (including phenoxy) is 1. The molecule has 0 bridgehead atoms. The van der Waals surface area contributed by atoms with Crippen molar-refractivity contribution in [3.05, 3.63) is 58.1 Å². The summed E-state index contributed by atoms with van der Waals surface area (Å²) in [5.41, 5.74) is 2.96. The van der Waals surface area contributed by atoms with Gasteiger partial charge in [0, 0.05) is 18.9 Å². The van der Waals surface area contributed by atoms with E-state index in [0.29, 0.717) is 28.2 Å². The first kappa shape index (κ1) is 22.3. The average Bonchev–Trinajstić information content (AvgIpc) is 2.53. The Morgan fingerprint density at radius 1 is 1.08 bits per heavy atom. The van der Waals surface area contributed by atoms with Gasteiger partial charge in [0.05, 0.1) is 17.7 Å². The molecule has 25 heavy (non-hydrogen) atoms. The van der Waals surface area contributed by atoms with Gasteiger partial charge in [-0.2, -0.15) is 0 Å². The van der Waals surface area contributed by atoms with Gasteiger partial charge in [-0.15, -0.1) is 0 Å². The van der Waals surface area contributed by atoms with E-state index < -0.39 is 0 Å². The molecule has 0 aliphatic heterocycles. The Labute approximate surface area is 169 Å². The Balaban J connectivity index is 0.00000312. The Hall–Kier alpha value is -0.773. The van der Waals surface area contributed by atoms with Gasteiger partial charge < -0.3 is 4.74 Å². The van der Waals surface area contributed by atoms with Crippen molar-refractivity contribution in [2.24, 2.45) is 0 Å². The van der Waals surface area contributed by atoms with Crippen molar-refractivity contribution in [2.45, 2.75) is 39.5 Å². The van der Waals surface area contributed by atoms with Crippen molar-refractivity contribution in [3.63, 3.8) is 0 Å². The van der Waals surface area contributed by atoms with Crippen molar-refractivity contribution < 1.29 is 9.53 Å². The molecule has 1 radical (unpaired) electrons. The molecule has 1 unspecified atom stereocenters. The largest absolute Gasteiger partial charge is 0.496 e. The molecular weight excluding hydrogens is 346 g/mol. The van der Waals surface area contributed by atoms with Crippen molar-refractivity contribution in [1.82, 2.24) is 0 Å². The first-order valence-electron chi connectivity index (χ1n) is 8.12. The molecule has 1 atom stereocenters. The molecule has 0 heterocycles. The molecule has 0 fully saturated rings. The maximum atomic E-state index is 12.9. The van der Waals surface area contributed by atoms with Gasteiger partial charge in [0.1, 0.15) is 5.75 Å². The first-order valence-corrected chi connectivity index (χ1v) is 9.50. The summed E-state index contributed by atoms with van der Waals surface area (Å²) in [6.45, 7) is 8.63. The number of halogens is 1. The zero-order valence-corrected chi connectivity index (χ0v) is 17.6. The van der Waals surface area contributed by atoms with Gasteiger partial charge in [0.15, 0.2) is 5.52 Å². The Morgan fingerprint density at radius 3 is 2.32 bits per heavy atom. The SMILES string of the molecule is COc1cccc(Cl)c1C(=O)Pc1cc(C(C)C)ccc1C(C)C.[Li]. The van der Waals surface area contributed by atoms with Gasteiger partial charge in [-0.1, -0.05) is 63.6 Å². The van der Waals surface area contributed by atoms with Crippen LogP contribution in [-0.2, 0) is 0 Å².